The second kappa shape index (κ2) is 15.6. The van der Waals surface area contributed by atoms with Crippen molar-refractivity contribution in [2.24, 2.45) is 0 Å². The molecule has 7 heteroatoms. The van der Waals surface area contributed by atoms with Crippen molar-refractivity contribution in [2.45, 2.75) is 0 Å². The second-order valence-corrected chi connectivity index (χ2v) is 0.742. The van der Waals surface area contributed by atoms with E-state index in [-0.39, 0.29) is 31.0 Å². The third-order valence-electron chi connectivity index (χ3n) is 0. The monoisotopic (exact) mass is 152 g/mol. The fourth-order valence-electron chi connectivity index (χ4n) is 0. The van der Waals surface area contributed by atoms with Crippen LogP contribution in [-0.2, 0) is 3.80 Å². The van der Waals surface area contributed by atoms with Crippen molar-refractivity contribution in [3.05, 3.63) is 0 Å². The molecule has 0 fully saturated rings. The van der Waals surface area contributed by atoms with Crippen LogP contribution in [0.1, 0.15) is 1.43 Å². The standard InChI is InChI=1S/2Al.3FH.Na.O.2H/h;;3*1H;;;;/q;+3;;;;+1;;;-1/p-3. The molecule has 0 saturated heterocycles. The average molecular weight is 152 g/mol. The van der Waals surface area contributed by atoms with Gasteiger partial charge in [-0.2, -0.15) is 0 Å². The molecule has 7 heavy (non-hydrogen) atoms. The van der Waals surface area contributed by atoms with Gasteiger partial charge in [-0.25, -0.2) is 0 Å². The molecule has 0 saturated carbocycles. The molecule has 0 aliphatic rings. The minimum atomic E-state index is -4.64. The molecule has 0 aliphatic carbocycles. The van der Waals surface area contributed by atoms with Crippen LogP contribution in [0.5, 0.6) is 0 Å². The molecule has 0 aromatic carbocycles. The van der Waals surface area contributed by atoms with Crippen molar-refractivity contribution >= 4 is 31.8 Å². The Kier molecular flexibility index (Phi) is 35.4. The maximum absolute atomic E-state index is 9.81. The molecule has 0 aromatic heterocycles. The van der Waals surface area contributed by atoms with E-state index in [1.165, 1.54) is 0 Å². The fraction of sp³-hybridized carbons (Fsp3) is 0. The second-order valence-electron chi connectivity index (χ2n) is 0.247. The summed E-state index contributed by atoms with van der Waals surface area (Å²) >= 11 is -4.03. The van der Waals surface area contributed by atoms with Gasteiger partial charge in [-0.05, 0) is 0 Å². The minimum absolute atomic E-state index is 0. The molecule has 1 nitrogen and oxygen atoms in total. The third kappa shape index (κ3) is 89.4. The normalized spacial score (nSPS) is 4.29. The van der Waals surface area contributed by atoms with E-state index in [0.29, 0.717) is 16.2 Å². The predicted molar refractivity (Wildman–Crippen MR) is 18.0 cm³/mol. The van der Waals surface area contributed by atoms with Gasteiger partial charge in [-0.3, -0.25) is 0 Å². The molecule has 0 aromatic rings. The number of hydrogen-bond donors (Lipinski definition) is 0. The Labute approximate surface area is 76.5 Å². The zero-order chi connectivity index (χ0) is 5.58. The van der Waals surface area contributed by atoms with Crippen LogP contribution in [0.3, 0.4) is 0 Å². The molecule has 0 aliphatic heterocycles. The van der Waals surface area contributed by atoms with Gasteiger partial charge in [0.05, 0.1) is 0 Å². The molecule has 36 valence electrons. The summed E-state index contributed by atoms with van der Waals surface area (Å²) in [7, 11) is 0. The van der Waals surface area contributed by atoms with Crippen LogP contribution in [0.2, 0.25) is 0 Å². The van der Waals surface area contributed by atoms with E-state index < -0.39 is 15.5 Å². The van der Waals surface area contributed by atoms with Gasteiger partial charge in [0.15, 0.2) is 0 Å². The SMILES string of the molecule is [F][Al]([F])[F].[H-].[Na+].[O]=[AlH]. The van der Waals surface area contributed by atoms with Crippen LogP contribution in [0.15, 0.2) is 0 Å². The van der Waals surface area contributed by atoms with Crippen molar-refractivity contribution in [1.82, 2.24) is 0 Å². The number of hydrogen-bond acceptors (Lipinski definition) is 1. The zero-order valence-electron chi connectivity index (χ0n) is 4.83. The Morgan fingerprint density at radius 3 is 1.29 bits per heavy atom. The van der Waals surface area contributed by atoms with E-state index in [4.69, 9.17) is 3.80 Å². The van der Waals surface area contributed by atoms with Gasteiger partial charge >= 0.3 is 65.1 Å². The van der Waals surface area contributed by atoms with Crippen molar-refractivity contribution in [3.8, 4) is 0 Å². The molecule has 0 unspecified atom stereocenters. The first-order valence-corrected chi connectivity index (χ1v) is 2.83. The Bertz CT molecular complexity index is 28.5. The van der Waals surface area contributed by atoms with Crippen LogP contribution >= 0.6 is 0 Å². The molecule has 0 radical (unpaired) electrons. The van der Waals surface area contributed by atoms with Gasteiger partial charge in [0.1, 0.15) is 0 Å². The predicted octanol–water partition coefficient (Wildman–Crippen LogP) is -2.77. The molecular formula is H2Al2F3NaO. The van der Waals surface area contributed by atoms with Crippen molar-refractivity contribution < 1.29 is 45.4 Å². The summed E-state index contributed by atoms with van der Waals surface area (Å²) < 4.78 is 37.7. The molecule has 0 atom stereocenters. The molecular weight excluding hydrogens is 150 g/mol. The third-order valence-corrected chi connectivity index (χ3v) is 0. The van der Waals surface area contributed by atoms with Gasteiger partial charge < -0.3 is 12.0 Å². The van der Waals surface area contributed by atoms with E-state index >= 15 is 0 Å². The van der Waals surface area contributed by atoms with Gasteiger partial charge in [0.2, 0.25) is 0 Å². The Morgan fingerprint density at radius 1 is 1.29 bits per heavy atom. The van der Waals surface area contributed by atoms with Crippen molar-refractivity contribution in [1.29, 1.82) is 0 Å². The number of halogens is 3. The van der Waals surface area contributed by atoms with E-state index in [9.17, 15) is 10.6 Å². The fourth-order valence-corrected chi connectivity index (χ4v) is 0. The Morgan fingerprint density at radius 2 is 1.29 bits per heavy atom. The quantitative estimate of drug-likeness (QED) is 0.343. The Balaban J connectivity index is -0.0000000183. The van der Waals surface area contributed by atoms with Gasteiger partial charge in [-0.1, -0.05) is 0 Å². The Hall–Kier alpha value is 1.65. The molecule has 0 rings (SSSR count). The molecule has 0 heterocycles. The first-order chi connectivity index (χ1) is 2.73. The van der Waals surface area contributed by atoms with E-state index in [1.54, 1.807) is 0 Å². The average Bonchev–Trinajstić information content (AvgIpc) is 1.41. The summed E-state index contributed by atoms with van der Waals surface area (Å²) in [5.74, 6) is 0. The van der Waals surface area contributed by atoms with E-state index in [0.717, 1.165) is 0 Å². The maximum atomic E-state index is 9.81. The summed E-state index contributed by atoms with van der Waals surface area (Å²) in [4.78, 5) is 0. The van der Waals surface area contributed by atoms with E-state index in [1.807, 2.05) is 0 Å². The van der Waals surface area contributed by atoms with Crippen LogP contribution in [0.25, 0.3) is 0 Å². The van der Waals surface area contributed by atoms with E-state index in [2.05, 4.69) is 0 Å². The zero-order valence-corrected chi connectivity index (χ0v) is 8.40. The van der Waals surface area contributed by atoms with Gasteiger partial charge in [0.25, 0.3) is 0 Å². The van der Waals surface area contributed by atoms with Crippen LogP contribution < -0.4 is 29.6 Å². The van der Waals surface area contributed by atoms with Crippen molar-refractivity contribution in [2.75, 3.05) is 0 Å². The summed E-state index contributed by atoms with van der Waals surface area (Å²) in [6.07, 6.45) is 0. The van der Waals surface area contributed by atoms with Crippen LogP contribution in [0, 0.1) is 0 Å². The van der Waals surface area contributed by atoms with Crippen LogP contribution in [0.4, 0.5) is 10.6 Å². The van der Waals surface area contributed by atoms with Gasteiger partial charge in [0, 0.05) is 0 Å². The molecule has 0 N–H and O–H groups in total. The summed E-state index contributed by atoms with van der Waals surface area (Å²) in [6.45, 7) is 0. The first kappa shape index (κ1) is 15.9. The summed E-state index contributed by atoms with van der Waals surface area (Å²) in [5, 5.41) is 0. The summed E-state index contributed by atoms with van der Waals surface area (Å²) in [6, 6.07) is 0. The molecule has 0 bridgehead atoms. The topological polar surface area (TPSA) is 17.1 Å². The van der Waals surface area contributed by atoms with Gasteiger partial charge in [-0.15, -0.1) is 0 Å². The molecule has 0 spiro atoms. The van der Waals surface area contributed by atoms with Crippen LogP contribution in [-0.4, -0.2) is 31.8 Å². The number of rotatable bonds is 0. The summed E-state index contributed by atoms with van der Waals surface area (Å²) in [5.41, 5.74) is 0. The first-order valence-electron chi connectivity index (χ1n) is 0.943. The van der Waals surface area contributed by atoms with Crippen molar-refractivity contribution in [3.63, 3.8) is 0 Å². The molecule has 0 amide bonds.